The minimum absolute atomic E-state index is 0.00571. The minimum Gasteiger partial charge on any atom is -0.506 e. The van der Waals surface area contributed by atoms with Crippen LogP contribution < -0.4 is 10.9 Å². The number of amides is 1. The van der Waals surface area contributed by atoms with E-state index in [-0.39, 0.29) is 22.4 Å². The monoisotopic (exact) mass is 300 g/mol. The summed E-state index contributed by atoms with van der Waals surface area (Å²) in [6, 6.07) is 8.19. The zero-order valence-corrected chi connectivity index (χ0v) is 13.2. The van der Waals surface area contributed by atoms with Crippen LogP contribution in [-0.2, 0) is 5.41 Å². The molecule has 0 aliphatic carbocycles. The van der Waals surface area contributed by atoms with Crippen LogP contribution in [0.25, 0.3) is 0 Å². The quantitative estimate of drug-likeness (QED) is 0.746. The summed E-state index contributed by atoms with van der Waals surface area (Å²) in [7, 11) is 0. The Morgan fingerprint density at radius 1 is 1.18 bits per heavy atom. The normalized spacial score (nSPS) is 11.3. The molecule has 0 atom stereocenters. The highest BCUT2D eigenvalue weighted by atomic mass is 16.3. The number of benzene rings is 1. The SMILES string of the molecule is Cc1ccc(C(=O)Nc2cc(C(C)(C)C)ccc2O)c(=O)[nH]1. The number of carbonyl (C=O) groups is 1. The summed E-state index contributed by atoms with van der Waals surface area (Å²) < 4.78 is 0. The molecule has 0 saturated heterocycles. The average Bonchev–Trinajstić information content (AvgIpc) is 2.39. The number of hydrogen-bond donors (Lipinski definition) is 3. The van der Waals surface area contributed by atoms with Gasteiger partial charge in [0.05, 0.1) is 5.69 Å². The number of aryl methyl sites for hydroxylation is 1. The van der Waals surface area contributed by atoms with Gasteiger partial charge in [0.15, 0.2) is 0 Å². The third-order valence-corrected chi connectivity index (χ3v) is 3.41. The summed E-state index contributed by atoms with van der Waals surface area (Å²) in [6.07, 6.45) is 0. The predicted molar refractivity (Wildman–Crippen MR) is 86.6 cm³/mol. The molecule has 1 aromatic carbocycles. The van der Waals surface area contributed by atoms with Crippen molar-refractivity contribution >= 4 is 11.6 Å². The van der Waals surface area contributed by atoms with Crippen LogP contribution in [-0.4, -0.2) is 16.0 Å². The van der Waals surface area contributed by atoms with E-state index < -0.39 is 11.5 Å². The van der Waals surface area contributed by atoms with Gasteiger partial charge in [-0.3, -0.25) is 9.59 Å². The highest BCUT2D eigenvalue weighted by Crippen LogP contribution is 2.30. The Balaban J connectivity index is 2.34. The van der Waals surface area contributed by atoms with Gasteiger partial charge in [-0.2, -0.15) is 0 Å². The molecule has 0 spiro atoms. The number of hydrogen-bond acceptors (Lipinski definition) is 3. The number of H-pyrrole nitrogens is 1. The first-order valence-corrected chi connectivity index (χ1v) is 7.03. The zero-order valence-electron chi connectivity index (χ0n) is 13.2. The number of aromatic amines is 1. The number of carbonyl (C=O) groups excluding carboxylic acids is 1. The summed E-state index contributed by atoms with van der Waals surface area (Å²) in [4.78, 5) is 26.6. The third-order valence-electron chi connectivity index (χ3n) is 3.41. The van der Waals surface area contributed by atoms with E-state index in [0.29, 0.717) is 5.69 Å². The second kappa shape index (κ2) is 5.67. The minimum atomic E-state index is -0.553. The van der Waals surface area contributed by atoms with Crippen molar-refractivity contribution in [2.75, 3.05) is 5.32 Å². The van der Waals surface area contributed by atoms with E-state index in [1.54, 1.807) is 19.1 Å². The van der Waals surface area contributed by atoms with Crippen molar-refractivity contribution in [2.45, 2.75) is 33.1 Å². The molecule has 0 saturated carbocycles. The van der Waals surface area contributed by atoms with E-state index in [2.05, 4.69) is 10.3 Å². The van der Waals surface area contributed by atoms with Gasteiger partial charge in [0, 0.05) is 5.69 Å². The van der Waals surface area contributed by atoms with Crippen LogP contribution in [0.1, 0.15) is 42.4 Å². The van der Waals surface area contributed by atoms with Crippen molar-refractivity contribution in [1.82, 2.24) is 4.98 Å². The molecule has 0 unspecified atom stereocenters. The number of anilines is 1. The first-order valence-electron chi connectivity index (χ1n) is 7.03. The number of phenolic OH excluding ortho intramolecular Hbond substituents is 1. The molecule has 0 aliphatic rings. The Kier molecular flexibility index (Phi) is 4.08. The summed E-state index contributed by atoms with van der Waals surface area (Å²) >= 11 is 0. The summed E-state index contributed by atoms with van der Waals surface area (Å²) in [5.74, 6) is -0.590. The van der Waals surface area contributed by atoms with Crippen molar-refractivity contribution in [3.63, 3.8) is 0 Å². The molecule has 2 aromatic rings. The van der Waals surface area contributed by atoms with Crippen LogP contribution in [0.2, 0.25) is 0 Å². The van der Waals surface area contributed by atoms with Crippen molar-refractivity contribution in [1.29, 1.82) is 0 Å². The number of pyridine rings is 1. The van der Waals surface area contributed by atoms with Crippen LogP contribution >= 0.6 is 0 Å². The van der Waals surface area contributed by atoms with Crippen LogP contribution in [0.3, 0.4) is 0 Å². The largest absolute Gasteiger partial charge is 0.506 e. The van der Waals surface area contributed by atoms with Crippen molar-refractivity contribution < 1.29 is 9.90 Å². The highest BCUT2D eigenvalue weighted by molar-refractivity contribution is 6.04. The molecular weight excluding hydrogens is 280 g/mol. The van der Waals surface area contributed by atoms with Gasteiger partial charge < -0.3 is 15.4 Å². The molecule has 22 heavy (non-hydrogen) atoms. The van der Waals surface area contributed by atoms with E-state index in [1.807, 2.05) is 26.8 Å². The standard InChI is InChI=1S/C17H20N2O3/c1-10-5-7-12(15(21)18-10)16(22)19-13-9-11(17(2,3)4)6-8-14(13)20/h5-9,20H,1-4H3,(H,18,21)(H,19,22). The van der Waals surface area contributed by atoms with Gasteiger partial charge in [-0.1, -0.05) is 26.8 Å². The molecule has 1 aromatic heterocycles. The molecule has 0 aliphatic heterocycles. The molecule has 3 N–H and O–H groups in total. The lowest BCUT2D eigenvalue weighted by Gasteiger charge is -2.20. The van der Waals surface area contributed by atoms with Gasteiger partial charge >= 0.3 is 0 Å². The second-order valence-electron chi connectivity index (χ2n) is 6.32. The lowest BCUT2D eigenvalue weighted by molar-refractivity contribution is 0.102. The number of phenols is 1. The van der Waals surface area contributed by atoms with Crippen molar-refractivity contribution in [2.24, 2.45) is 0 Å². The van der Waals surface area contributed by atoms with Crippen LogP contribution in [0.5, 0.6) is 5.75 Å². The number of rotatable bonds is 2. The number of nitrogens with one attached hydrogen (secondary N) is 2. The molecule has 0 fully saturated rings. The highest BCUT2D eigenvalue weighted by Gasteiger charge is 2.17. The third kappa shape index (κ3) is 3.36. The van der Waals surface area contributed by atoms with Gasteiger partial charge in [-0.15, -0.1) is 0 Å². The predicted octanol–water partition coefficient (Wildman–Crippen LogP) is 2.94. The first kappa shape index (κ1) is 15.8. The Bertz CT molecular complexity index is 770. The van der Waals surface area contributed by atoms with E-state index in [0.717, 1.165) is 5.56 Å². The lowest BCUT2D eigenvalue weighted by Crippen LogP contribution is -2.23. The van der Waals surface area contributed by atoms with Crippen molar-refractivity contribution in [3.8, 4) is 5.75 Å². The van der Waals surface area contributed by atoms with Gasteiger partial charge in [0.25, 0.3) is 11.5 Å². The van der Waals surface area contributed by atoms with Gasteiger partial charge in [-0.05, 0) is 42.2 Å². The lowest BCUT2D eigenvalue weighted by atomic mass is 9.87. The molecule has 1 heterocycles. The molecule has 2 rings (SSSR count). The smallest absolute Gasteiger partial charge is 0.261 e. The van der Waals surface area contributed by atoms with Gasteiger partial charge in [-0.25, -0.2) is 0 Å². The van der Waals surface area contributed by atoms with E-state index in [4.69, 9.17) is 0 Å². The van der Waals surface area contributed by atoms with Crippen LogP contribution in [0.15, 0.2) is 35.1 Å². The van der Waals surface area contributed by atoms with Gasteiger partial charge in [0.2, 0.25) is 0 Å². The Hall–Kier alpha value is -2.56. The topological polar surface area (TPSA) is 82.2 Å². The zero-order chi connectivity index (χ0) is 16.5. The maximum absolute atomic E-state index is 12.2. The summed E-state index contributed by atoms with van der Waals surface area (Å²) in [5, 5.41) is 12.5. The number of aromatic nitrogens is 1. The molecule has 5 heteroatoms. The van der Waals surface area contributed by atoms with Crippen molar-refractivity contribution in [3.05, 3.63) is 57.5 Å². The van der Waals surface area contributed by atoms with E-state index >= 15 is 0 Å². The van der Waals surface area contributed by atoms with E-state index in [9.17, 15) is 14.7 Å². The maximum atomic E-state index is 12.2. The second-order valence-corrected chi connectivity index (χ2v) is 6.32. The molecule has 0 radical (unpaired) electrons. The van der Waals surface area contributed by atoms with Crippen LogP contribution in [0.4, 0.5) is 5.69 Å². The molecular formula is C17H20N2O3. The Labute approximate surface area is 129 Å². The fourth-order valence-electron chi connectivity index (χ4n) is 2.04. The Morgan fingerprint density at radius 3 is 2.45 bits per heavy atom. The molecule has 116 valence electrons. The van der Waals surface area contributed by atoms with Gasteiger partial charge in [0.1, 0.15) is 11.3 Å². The summed E-state index contributed by atoms with van der Waals surface area (Å²) in [6.45, 7) is 7.85. The summed E-state index contributed by atoms with van der Waals surface area (Å²) in [5.41, 5.74) is 1.37. The molecule has 1 amide bonds. The average molecular weight is 300 g/mol. The van der Waals surface area contributed by atoms with E-state index in [1.165, 1.54) is 12.1 Å². The fourth-order valence-corrected chi connectivity index (χ4v) is 2.04. The molecule has 0 bridgehead atoms. The first-order chi connectivity index (χ1) is 10.2. The Morgan fingerprint density at radius 2 is 1.86 bits per heavy atom. The number of aromatic hydroxyl groups is 1. The van der Waals surface area contributed by atoms with Crippen LogP contribution in [0, 0.1) is 6.92 Å². The fraction of sp³-hybridized carbons (Fsp3) is 0.294. The maximum Gasteiger partial charge on any atom is 0.261 e. The molecule has 5 nitrogen and oxygen atoms in total.